The Hall–Kier alpha value is -2.39. The van der Waals surface area contributed by atoms with Crippen molar-refractivity contribution in [3.05, 3.63) is 59.7 Å². The Morgan fingerprint density at radius 3 is 2.28 bits per heavy atom. The molecule has 1 fully saturated rings. The molecule has 1 aliphatic heterocycles. The van der Waals surface area contributed by atoms with Gasteiger partial charge in [-0.15, -0.1) is 0 Å². The predicted molar refractivity (Wildman–Crippen MR) is 117 cm³/mol. The van der Waals surface area contributed by atoms with Crippen LogP contribution in [-0.2, 0) is 27.4 Å². The fourth-order valence-electron chi connectivity index (χ4n) is 3.80. The zero-order valence-electron chi connectivity index (χ0n) is 17.9. The van der Waals surface area contributed by atoms with Gasteiger partial charge in [-0.3, -0.25) is 4.79 Å². The maximum absolute atomic E-state index is 13.3. The molecule has 1 aliphatic rings. The molecule has 32 heavy (non-hydrogen) atoms. The number of rotatable bonds is 7. The van der Waals surface area contributed by atoms with E-state index in [1.54, 1.807) is 0 Å². The van der Waals surface area contributed by atoms with Crippen molar-refractivity contribution in [3.63, 3.8) is 0 Å². The molecule has 3 rings (SSSR count). The van der Waals surface area contributed by atoms with Crippen molar-refractivity contribution in [2.45, 2.75) is 50.1 Å². The highest BCUT2D eigenvalue weighted by atomic mass is 32.2. The molecule has 1 heterocycles. The molecule has 1 saturated heterocycles. The first kappa shape index (κ1) is 24.3. The monoisotopic (exact) mass is 468 g/mol. The number of benzene rings is 2. The molecular formula is C23H27F3N2O3S. The van der Waals surface area contributed by atoms with Gasteiger partial charge in [-0.05, 0) is 55.5 Å². The van der Waals surface area contributed by atoms with E-state index >= 15 is 0 Å². The molecule has 0 bridgehead atoms. The maximum Gasteiger partial charge on any atom is 0.417 e. The molecule has 5 nitrogen and oxygen atoms in total. The zero-order chi connectivity index (χ0) is 23.4. The summed E-state index contributed by atoms with van der Waals surface area (Å²) in [4.78, 5) is 11.9. The van der Waals surface area contributed by atoms with Gasteiger partial charge in [0.15, 0.2) is 0 Å². The van der Waals surface area contributed by atoms with E-state index in [0.29, 0.717) is 5.69 Å². The maximum atomic E-state index is 13.3. The molecule has 9 heteroatoms. The second kappa shape index (κ2) is 10.0. The van der Waals surface area contributed by atoms with Gasteiger partial charge < -0.3 is 5.32 Å². The fraction of sp³-hybridized carbons (Fsp3) is 0.435. The summed E-state index contributed by atoms with van der Waals surface area (Å²) in [5.74, 6) is -0.613. The average molecular weight is 469 g/mol. The second-order valence-electron chi connectivity index (χ2n) is 7.96. The lowest BCUT2D eigenvalue weighted by atomic mass is 9.97. The zero-order valence-corrected chi connectivity index (χ0v) is 18.7. The summed E-state index contributed by atoms with van der Waals surface area (Å²) in [6.07, 6.45) is -1.10. The molecule has 2 aromatic rings. The highest BCUT2D eigenvalue weighted by Crippen LogP contribution is 2.36. The van der Waals surface area contributed by atoms with Crippen LogP contribution in [0.25, 0.3) is 0 Å². The average Bonchev–Trinajstić information content (AvgIpc) is 2.78. The third-order valence-corrected chi connectivity index (χ3v) is 7.63. The molecule has 1 N–H and O–H groups in total. The standard InChI is InChI=1S/C23H27F3N2O3S/c1-2-3-6-17-9-11-19(12-10-17)27-22(29)18-13-15-28(16-14-18)32(30,31)21-8-5-4-7-20(21)23(24,25)26/h4-5,7-12,18H,2-3,6,13-16H2,1H3,(H,27,29). The SMILES string of the molecule is CCCCc1ccc(NC(=O)C2CCN(S(=O)(=O)c3ccccc3C(F)(F)F)CC2)cc1. The molecule has 0 unspecified atom stereocenters. The van der Waals surface area contributed by atoms with Crippen molar-refractivity contribution < 1.29 is 26.4 Å². The van der Waals surface area contributed by atoms with E-state index in [-0.39, 0.29) is 31.8 Å². The number of carbonyl (C=O) groups excluding carboxylic acids is 1. The molecule has 1 amide bonds. The number of unbranched alkanes of at least 4 members (excludes halogenated alkanes) is 1. The molecule has 0 spiro atoms. The molecule has 0 radical (unpaired) electrons. The first-order valence-corrected chi connectivity index (χ1v) is 12.1. The number of hydrogen-bond donors (Lipinski definition) is 1. The number of amides is 1. The summed E-state index contributed by atoms with van der Waals surface area (Å²) < 4.78 is 66.6. The highest BCUT2D eigenvalue weighted by molar-refractivity contribution is 7.89. The molecule has 2 aromatic carbocycles. The van der Waals surface area contributed by atoms with Gasteiger partial charge in [0.2, 0.25) is 15.9 Å². The number of nitrogens with one attached hydrogen (secondary N) is 1. The number of hydrogen-bond acceptors (Lipinski definition) is 3. The molecule has 174 valence electrons. The summed E-state index contributed by atoms with van der Waals surface area (Å²) in [7, 11) is -4.31. The molecule has 0 aromatic heterocycles. The van der Waals surface area contributed by atoms with E-state index in [2.05, 4.69) is 12.2 Å². The van der Waals surface area contributed by atoms with Crippen LogP contribution < -0.4 is 5.32 Å². The van der Waals surface area contributed by atoms with Crippen molar-refractivity contribution in [1.29, 1.82) is 0 Å². The van der Waals surface area contributed by atoms with Gasteiger partial charge in [0, 0.05) is 24.7 Å². The van der Waals surface area contributed by atoms with Crippen molar-refractivity contribution in [3.8, 4) is 0 Å². The number of carbonyl (C=O) groups is 1. The first-order valence-electron chi connectivity index (χ1n) is 10.7. The van der Waals surface area contributed by atoms with E-state index in [0.717, 1.165) is 41.8 Å². The quantitative estimate of drug-likeness (QED) is 0.616. The van der Waals surface area contributed by atoms with Crippen LogP contribution in [0.4, 0.5) is 18.9 Å². The van der Waals surface area contributed by atoms with Gasteiger partial charge in [-0.2, -0.15) is 17.5 Å². The molecule has 0 saturated carbocycles. The summed E-state index contributed by atoms with van der Waals surface area (Å²) in [5.41, 5.74) is 0.689. The van der Waals surface area contributed by atoms with E-state index in [9.17, 15) is 26.4 Å². The summed E-state index contributed by atoms with van der Waals surface area (Å²) in [5, 5.41) is 2.85. The number of alkyl halides is 3. The fourth-order valence-corrected chi connectivity index (χ4v) is 5.49. The predicted octanol–water partition coefficient (Wildman–Crippen LogP) is 5.09. The van der Waals surface area contributed by atoms with Gasteiger partial charge >= 0.3 is 6.18 Å². The van der Waals surface area contributed by atoms with Crippen LogP contribution in [0.1, 0.15) is 43.7 Å². The number of nitrogens with zero attached hydrogens (tertiary/aromatic N) is 1. The van der Waals surface area contributed by atoms with Crippen LogP contribution >= 0.6 is 0 Å². The topological polar surface area (TPSA) is 66.5 Å². The van der Waals surface area contributed by atoms with Crippen LogP contribution in [-0.4, -0.2) is 31.7 Å². The molecule has 0 aliphatic carbocycles. The number of sulfonamides is 1. The van der Waals surface area contributed by atoms with E-state index in [1.807, 2.05) is 24.3 Å². The third kappa shape index (κ3) is 5.69. The Balaban J connectivity index is 1.62. The van der Waals surface area contributed by atoms with Gasteiger partial charge in [-0.1, -0.05) is 37.6 Å². The molecular weight excluding hydrogens is 441 g/mol. The van der Waals surface area contributed by atoms with Crippen molar-refractivity contribution >= 4 is 21.6 Å². The smallest absolute Gasteiger partial charge is 0.326 e. The lowest BCUT2D eigenvalue weighted by molar-refractivity contribution is -0.139. The van der Waals surface area contributed by atoms with Gasteiger partial charge in [-0.25, -0.2) is 8.42 Å². The number of piperidine rings is 1. The summed E-state index contributed by atoms with van der Waals surface area (Å²) >= 11 is 0. The lowest BCUT2D eigenvalue weighted by Crippen LogP contribution is -2.41. The van der Waals surface area contributed by atoms with Gasteiger partial charge in [0.1, 0.15) is 0 Å². The normalized spacial score (nSPS) is 16.1. The Morgan fingerprint density at radius 1 is 1.06 bits per heavy atom. The van der Waals surface area contributed by atoms with Crippen LogP contribution in [0, 0.1) is 5.92 Å². The third-order valence-electron chi connectivity index (χ3n) is 5.68. The minimum absolute atomic E-state index is 0.0113. The Labute approximate surface area is 186 Å². The van der Waals surface area contributed by atoms with Crippen LogP contribution in [0.5, 0.6) is 0 Å². The lowest BCUT2D eigenvalue weighted by Gasteiger charge is -2.31. The summed E-state index contributed by atoms with van der Waals surface area (Å²) in [6.45, 7) is 2.10. The minimum Gasteiger partial charge on any atom is -0.326 e. The largest absolute Gasteiger partial charge is 0.417 e. The van der Waals surface area contributed by atoms with Crippen LogP contribution in [0.2, 0.25) is 0 Å². The Morgan fingerprint density at radius 2 is 1.69 bits per heavy atom. The van der Waals surface area contributed by atoms with E-state index < -0.39 is 32.6 Å². The highest BCUT2D eigenvalue weighted by Gasteiger charge is 2.40. The minimum atomic E-state index is -4.77. The van der Waals surface area contributed by atoms with E-state index in [1.165, 1.54) is 11.6 Å². The first-order chi connectivity index (χ1) is 15.1. The number of halogens is 3. The number of anilines is 1. The van der Waals surface area contributed by atoms with Crippen molar-refractivity contribution in [2.24, 2.45) is 5.92 Å². The second-order valence-corrected chi connectivity index (χ2v) is 9.87. The Bertz CT molecular complexity index is 1030. The van der Waals surface area contributed by atoms with Gasteiger partial charge in [0.25, 0.3) is 0 Å². The van der Waals surface area contributed by atoms with E-state index in [4.69, 9.17) is 0 Å². The Kier molecular flexibility index (Phi) is 7.61. The molecule has 0 atom stereocenters. The van der Waals surface area contributed by atoms with Crippen molar-refractivity contribution in [2.75, 3.05) is 18.4 Å². The van der Waals surface area contributed by atoms with Crippen molar-refractivity contribution in [1.82, 2.24) is 4.31 Å². The van der Waals surface area contributed by atoms with Gasteiger partial charge in [0.05, 0.1) is 10.5 Å². The van der Waals surface area contributed by atoms with Crippen LogP contribution in [0.15, 0.2) is 53.4 Å². The van der Waals surface area contributed by atoms with Crippen LogP contribution in [0.3, 0.4) is 0 Å². The number of aryl methyl sites for hydroxylation is 1. The summed E-state index contributed by atoms with van der Waals surface area (Å²) in [6, 6.07) is 11.8.